The summed E-state index contributed by atoms with van der Waals surface area (Å²) >= 11 is 0. The zero-order valence-corrected chi connectivity index (χ0v) is 40.5. The number of para-hydroxylation sites is 3. The molecule has 0 radical (unpaired) electrons. The molecule has 0 N–H and O–H groups in total. The van der Waals surface area contributed by atoms with E-state index in [2.05, 4.69) is 275 Å². The molecule has 4 heteroatoms. The molecule has 0 amide bonds. The largest absolute Gasteiger partial charge is 0.334 e. The summed E-state index contributed by atoms with van der Waals surface area (Å²) in [7, 11) is 0. The van der Waals surface area contributed by atoms with Crippen LogP contribution in [0.4, 0.5) is 45.5 Å². The molecule has 0 saturated carbocycles. The normalized spacial score (nSPS) is 20.5. The summed E-state index contributed by atoms with van der Waals surface area (Å²) in [6.45, 7) is 2.30. The monoisotopic (exact) mass is 920 g/mol. The minimum atomic E-state index is 0.0690. The Bertz CT molecular complexity index is 3220. The van der Waals surface area contributed by atoms with Gasteiger partial charge in [0.2, 0.25) is 0 Å². The standard InChI is InChI=1S/C67H60N4/c1-49-25-26-52-29-32-67(48-55(52)45-49)71(58-23-9-4-10-24-58)64-43-37-61(38-44-64)68(59-33-39-62(40-34-59)69(56-19-5-2-6-20-56)65-30-27-50-15-11-13-17-53(50)46-65)60-35-41-63(42-36-60)70(57-21-7-3-8-22-57)66-31-28-51-16-12-14-18-54(51)47-66/h2-13,15-17,19-27,29-33,35-44,47-49,51,53,59H,14,18,28,34,45-46H2,1H3. The SMILES string of the molecule is CC1C=Cc2ccc(N(c3ccccc3)c3ccc(N(c4ccc(N(C5=CCC6C=CCCC6=C5)c5ccccc5)cc4)C4C=CC(N(C5=CC=C6C=CC=CC6C5)c5ccccc5)=CC4)cc3)cc2C1. The van der Waals surface area contributed by atoms with Gasteiger partial charge in [-0.15, -0.1) is 0 Å². The fourth-order valence-corrected chi connectivity index (χ4v) is 11.4. The van der Waals surface area contributed by atoms with Gasteiger partial charge in [0.25, 0.3) is 0 Å². The Morgan fingerprint density at radius 2 is 1.08 bits per heavy atom. The van der Waals surface area contributed by atoms with Crippen molar-refractivity contribution in [1.29, 1.82) is 0 Å². The Labute approximate surface area is 420 Å². The third-order valence-electron chi connectivity index (χ3n) is 15.0. The minimum Gasteiger partial charge on any atom is -0.334 e. The molecule has 6 aromatic carbocycles. The molecule has 0 aromatic heterocycles. The van der Waals surface area contributed by atoms with Crippen molar-refractivity contribution in [2.75, 3.05) is 19.6 Å². The number of benzene rings is 6. The van der Waals surface area contributed by atoms with E-state index in [4.69, 9.17) is 0 Å². The van der Waals surface area contributed by atoms with Crippen LogP contribution in [0.1, 0.15) is 50.2 Å². The molecule has 348 valence electrons. The molecule has 0 aliphatic heterocycles. The molecule has 6 aliphatic rings. The van der Waals surface area contributed by atoms with Gasteiger partial charge in [0.1, 0.15) is 0 Å². The van der Waals surface area contributed by atoms with E-state index in [1.165, 1.54) is 56.4 Å². The van der Waals surface area contributed by atoms with E-state index in [-0.39, 0.29) is 6.04 Å². The maximum absolute atomic E-state index is 2.53. The Kier molecular flexibility index (Phi) is 12.3. The predicted molar refractivity (Wildman–Crippen MR) is 300 cm³/mol. The van der Waals surface area contributed by atoms with Crippen molar-refractivity contribution in [3.8, 4) is 0 Å². The minimum absolute atomic E-state index is 0.0690. The Morgan fingerprint density at radius 1 is 0.465 bits per heavy atom. The molecule has 6 aromatic rings. The molecule has 0 fully saturated rings. The van der Waals surface area contributed by atoms with Crippen LogP contribution in [0.2, 0.25) is 0 Å². The van der Waals surface area contributed by atoms with Crippen LogP contribution >= 0.6 is 0 Å². The van der Waals surface area contributed by atoms with E-state index in [9.17, 15) is 0 Å². The number of anilines is 8. The average Bonchev–Trinajstić information content (AvgIpc) is 3.43. The van der Waals surface area contributed by atoms with Crippen LogP contribution in [0.3, 0.4) is 0 Å². The van der Waals surface area contributed by atoms with Crippen LogP contribution in [0.15, 0.2) is 271 Å². The Morgan fingerprint density at radius 3 is 1.77 bits per heavy atom. The highest BCUT2D eigenvalue weighted by Crippen LogP contribution is 2.43. The second-order valence-corrected chi connectivity index (χ2v) is 19.7. The molecule has 0 saturated heterocycles. The van der Waals surface area contributed by atoms with Crippen LogP contribution in [-0.4, -0.2) is 6.04 Å². The molecule has 12 rings (SSSR count). The number of fused-ring (bicyclic) bond motifs is 3. The summed E-state index contributed by atoms with van der Waals surface area (Å²) in [6.07, 6.45) is 41.1. The van der Waals surface area contributed by atoms with Crippen molar-refractivity contribution < 1.29 is 0 Å². The highest BCUT2D eigenvalue weighted by atomic mass is 15.2. The zero-order chi connectivity index (χ0) is 47.5. The lowest BCUT2D eigenvalue weighted by Gasteiger charge is -2.37. The van der Waals surface area contributed by atoms with Gasteiger partial charge in [-0.05, 0) is 176 Å². The number of rotatable bonds is 12. The summed E-state index contributed by atoms with van der Waals surface area (Å²) < 4.78 is 0. The first-order valence-electron chi connectivity index (χ1n) is 25.7. The van der Waals surface area contributed by atoms with Crippen LogP contribution < -0.4 is 19.6 Å². The zero-order valence-electron chi connectivity index (χ0n) is 40.5. The third-order valence-corrected chi connectivity index (χ3v) is 15.0. The molecular formula is C67H60N4. The van der Waals surface area contributed by atoms with E-state index in [1.54, 1.807) is 0 Å². The van der Waals surface area contributed by atoms with Crippen molar-refractivity contribution in [2.45, 2.75) is 51.5 Å². The van der Waals surface area contributed by atoms with Gasteiger partial charge in [0.15, 0.2) is 0 Å². The van der Waals surface area contributed by atoms with Gasteiger partial charge in [0.05, 0.1) is 6.04 Å². The first-order valence-corrected chi connectivity index (χ1v) is 25.7. The molecule has 4 unspecified atom stereocenters. The van der Waals surface area contributed by atoms with E-state index >= 15 is 0 Å². The number of allylic oxidation sites excluding steroid dienone is 15. The van der Waals surface area contributed by atoms with Crippen molar-refractivity contribution in [3.05, 3.63) is 282 Å². The fourth-order valence-electron chi connectivity index (χ4n) is 11.4. The van der Waals surface area contributed by atoms with Crippen molar-refractivity contribution in [2.24, 2.45) is 17.8 Å². The molecule has 4 atom stereocenters. The van der Waals surface area contributed by atoms with Crippen molar-refractivity contribution in [3.63, 3.8) is 0 Å². The molecular weight excluding hydrogens is 861 g/mol. The van der Waals surface area contributed by atoms with E-state index in [0.717, 1.165) is 67.0 Å². The van der Waals surface area contributed by atoms with Crippen LogP contribution in [0.25, 0.3) is 6.08 Å². The van der Waals surface area contributed by atoms with Gasteiger partial charge in [-0.1, -0.05) is 146 Å². The van der Waals surface area contributed by atoms with Gasteiger partial charge in [0, 0.05) is 74.4 Å². The summed E-state index contributed by atoms with van der Waals surface area (Å²) in [5.41, 5.74) is 18.6. The van der Waals surface area contributed by atoms with E-state index in [1.807, 2.05) is 0 Å². The van der Waals surface area contributed by atoms with Gasteiger partial charge < -0.3 is 19.6 Å². The van der Waals surface area contributed by atoms with Crippen LogP contribution in [0, 0.1) is 17.8 Å². The Balaban J connectivity index is 0.912. The fraction of sp³-hybridized carbons (Fsp3) is 0.164. The number of hydrogen-bond acceptors (Lipinski definition) is 4. The molecule has 6 aliphatic carbocycles. The van der Waals surface area contributed by atoms with Gasteiger partial charge in [-0.3, -0.25) is 0 Å². The van der Waals surface area contributed by atoms with Crippen LogP contribution in [0.5, 0.6) is 0 Å². The third kappa shape index (κ3) is 9.14. The average molecular weight is 921 g/mol. The second-order valence-electron chi connectivity index (χ2n) is 19.7. The molecule has 0 heterocycles. The van der Waals surface area contributed by atoms with Crippen molar-refractivity contribution in [1.82, 2.24) is 0 Å². The summed E-state index contributed by atoms with van der Waals surface area (Å²) in [5, 5.41) is 0. The second kappa shape index (κ2) is 19.7. The van der Waals surface area contributed by atoms with E-state index < -0.39 is 0 Å². The summed E-state index contributed by atoms with van der Waals surface area (Å²) in [4.78, 5) is 9.84. The lowest BCUT2D eigenvalue weighted by Crippen LogP contribution is -2.32. The smallest absolute Gasteiger partial charge is 0.0561 e. The first kappa shape index (κ1) is 44.1. The highest BCUT2D eigenvalue weighted by Gasteiger charge is 2.28. The van der Waals surface area contributed by atoms with Crippen molar-refractivity contribution >= 4 is 51.6 Å². The topological polar surface area (TPSA) is 13.0 Å². The Hall–Kier alpha value is -8.08. The highest BCUT2D eigenvalue weighted by molar-refractivity contribution is 5.81. The maximum atomic E-state index is 2.53. The predicted octanol–water partition coefficient (Wildman–Crippen LogP) is 17.5. The molecule has 4 nitrogen and oxygen atoms in total. The molecule has 71 heavy (non-hydrogen) atoms. The maximum Gasteiger partial charge on any atom is 0.0561 e. The van der Waals surface area contributed by atoms with Gasteiger partial charge in [-0.2, -0.15) is 0 Å². The molecule has 0 spiro atoms. The van der Waals surface area contributed by atoms with Crippen LogP contribution in [-0.2, 0) is 6.42 Å². The van der Waals surface area contributed by atoms with Gasteiger partial charge >= 0.3 is 0 Å². The summed E-state index contributed by atoms with van der Waals surface area (Å²) in [6, 6.07) is 58.1. The van der Waals surface area contributed by atoms with E-state index in [0.29, 0.717) is 17.8 Å². The lowest BCUT2D eigenvalue weighted by atomic mass is 9.83. The quantitative estimate of drug-likeness (QED) is 0.113. The summed E-state index contributed by atoms with van der Waals surface area (Å²) in [5.74, 6) is 1.42. The number of nitrogens with zero attached hydrogens (tertiary/aromatic N) is 4. The first-order chi connectivity index (χ1) is 35.1. The molecule has 0 bridgehead atoms. The van der Waals surface area contributed by atoms with Gasteiger partial charge in [-0.25, -0.2) is 0 Å². The lowest BCUT2D eigenvalue weighted by molar-refractivity contribution is 0.678. The number of hydrogen-bond donors (Lipinski definition) is 0.